The third-order valence-corrected chi connectivity index (χ3v) is 4.77. The van der Waals surface area contributed by atoms with Crippen LogP contribution in [0.1, 0.15) is 11.1 Å². The molecule has 0 bridgehead atoms. The SMILES string of the molecule is c1cncc(-c2cc(N3Cc4ccccc4C3)nc(-c3ccncc3)n2)c1. The van der Waals surface area contributed by atoms with Crippen LogP contribution in [-0.4, -0.2) is 19.9 Å². The van der Waals surface area contributed by atoms with Gasteiger partial charge in [0, 0.05) is 55.1 Å². The summed E-state index contributed by atoms with van der Waals surface area (Å²) in [5.74, 6) is 1.62. The van der Waals surface area contributed by atoms with Crippen LogP contribution >= 0.6 is 0 Å². The third-order valence-electron chi connectivity index (χ3n) is 4.77. The van der Waals surface area contributed by atoms with Crippen LogP contribution in [0.2, 0.25) is 0 Å². The number of aromatic nitrogens is 4. The van der Waals surface area contributed by atoms with E-state index in [1.807, 2.05) is 36.5 Å². The van der Waals surface area contributed by atoms with Crippen LogP contribution in [0.15, 0.2) is 79.4 Å². The predicted octanol–water partition coefficient (Wildman–Crippen LogP) is 4.12. The van der Waals surface area contributed by atoms with E-state index in [4.69, 9.17) is 9.97 Å². The number of anilines is 1. The van der Waals surface area contributed by atoms with Gasteiger partial charge in [0.05, 0.1) is 5.69 Å². The fraction of sp³-hybridized carbons (Fsp3) is 0.0909. The van der Waals surface area contributed by atoms with Gasteiger partial charge in [0.15, 0.2) is 5.82 Å². The largest absolute Gasteiger partial charge is 0.348 e. The van der Waals surface area contributed by atoms with E-state index in [9.17, 15) is 0 Å². The molecule has 5 heteroatoms. The molecule has 1 aliphatic rings. The monoisotopic (exact) mass is 351 g/mol. The number of benzene rings is 1. The Labute approximate surface area is 157 Å². The van der Waals surface area contributed by atoms with Crippen molar-refractivity contribution in [2.45, 2.75) is 13.1 Å². The molecule has 1 aliphatic heterocycles. The molecule has 27 heavy (non-hydrogen) atoms. The molecule has 4 aromatic rings. The minimum absolute atomic E-state index is 0.699. The topological polar surface area (TPSA) is 54.8 Å². The maximum Gasteiger partial charge on any atom is 0.162 e. The first-order chi connectivity index (χ1) is 13.4. The summed E-state index contributed by atoms with van der Waals surface area (Å²) in [4.78, 5) is 20.3. The van der Waals surface area contributed by atoms with E-state index in [-0.39, 0.29) is 0 Å². The second-order valence-corrected chi connectivity index (χ2v) is 6.54. The van der Waals surface area contributed by atoms with Crippen molar-refractivity contribution < 1.29 is 0 Å². The zero-order valence-corrected chi connectivity index (χ0v) is 14.7. The maximum atomic E-state index is 4.86. The number of pyridine rings is 2. The van der Waals surface area contributed by atoms with E-state index < -0.39 is 0 Å². The first-order valence-corrected chi connectivity index (χ1v) is 8.88. The average molecular weight is 351 g/mol. The Bertz CT molecular complexity index is 997. The van der Waals surface area contributed by atoms with Crippen LogP contribution < -0.4 is 4.90 Å². The third kappa shape index (κ3) is 3.04. The molecule has 4 heterocycles. The van der Waals surface area contributed by atoms with Crippen molar-refractivity contribution in [3.05, 3.63) is 90.5 Å². The summed E-state index contributed by atoms with van der Waals surface area (Å²) >= 11 is 0. The van der Waals surface area contributed by atoms with Crippen molar-refractivity contribution in [1.29, 1.82) is 0 Å². The quantitative estimate of drug-likeness (QED) is 0.556. The Morgan fingerprint density at radius 2 is 1.48 bits per heavy atom. The first kappa shape index (κ1) is 15.6. The van der Waals surface area contributed by atoms with E-state index >= 15 is 0 Å². The zero-order valence-electron chi connectivity index (χ0n) is 14.7. The number of fused-ring (bicyclic) bond motifs is 1. The highest BCUT2D eigenvalue weighted by Gasteiger charge is 2.21. The van der Waals surface area contributed by atoms with Crippen molar-refractivity contribution in [3.8, 4) is 22.6 Å². The van der Waals surface area contributed by atoms with Crippen LogP contribution in [0.4, 0.5) is 5.82 Å². The number of hydrogen-bond donors (Lipinski definition) is 0. The fourth-order valence-electron chi connectivity index (χ4n) is 3.38. The Morgan fingerprint density at radius 3 is 2.19 bits per heavy atom. The molecule has 0 saturated carbocycles. The number of nitrogens with zero attached hydrogens (tertiary/aromatic N) is 5. The molecular formula is C22H17N5. The molecule has 0 N–H and O–H groups in total. The molecule has 0 spiro atoms. The van der Waals surface area contributed by atoms with Crippen molar-refractivity contribution in [3.63, 3.8) is 0 Å². The highest BCUT2D eigenvalue weighted by Crippen LogP contribution is 2.31. The van der Waals surface area contributed by atoms with Gasteiger partial charge in [-0.05, 0) is 35.4 Å². The molecule has 0 radical (unpaired) electrons. The molecular weight excluding hydrogens is 334 g/mol. The molecule has 130 valence electrons. The van der Waals surface area contributed by atoms with Gasteiger partial charge < -0.3 is 4.90 Å². The van der Waals surface area contributed by atoms with Gasteiger partial charge in [-0.3, -0.25) is 9.97 Å². The van der Waals surface area contributed by atoms with Crippen LogP contribution in [0.5, 0.6) is 0 Å². The summed E-state index contributed by atoms with van der Waals surface area (Å²) < 4.78 is 0. The van der Waals surface area contributed by atoms with Gasteiger partial charge in [-0.15, -0.1) is 0 Å². The molecule has 0 aliphatic carbocycles. The highest BCUT2D eigenvalue weighted by molar-refractivity contribution is 5.67. The summed E-state index contributed by atoms with van der Waals surface area (Å²) in [7, 11) is 0. The molecule has 5 rings (SSSR count). The van der Waals surface area contributed by atoms with Gasteiger partial charge in [-0.25, -0.2) is 9.97 Å². The summed E-state index contributed by atoms with van der Waals surface area (Å²) in [5, 5.41) is 0. The lowest BCUT2D eigenvalue weighted by atomic mass is 10.1. The van der Waals surface area contributed by atoms with Gasteiger partial charge in [0.1, 0.15) is 5.82 Å². The van der Waals surface area contributed by atoms with Crippen LogP contribution in [0.3, 0.4) is 0 Å². The molecule has 3 aromatic heterocycles. The van der Waals surface area contributed by atoms with Crippen LogP contribution in [0, 0.1) is 0 Å². The average Bonchev–Trinajstić information content (AvgIpc) is 3.19. The molecule has 0 fully saturated rings. The van der Waals surface area contributed by atoms with Crippen LogP contribution in [0.25, 0.3) is 22.6 Å². The van der Waals surface area contributed by atoms with Crippen molar-refractivity contribution in [2.24, 2.45) is 0 Å². The second kappa shape index (κ2) is 6.61. The van der Waals surface area contributed by atoms with E-state index in [1.54, 1.807) is 18.6 Å². The highest BCUT2D eigenvalue weighted by atomic mass is 15.2. The second-order valence-electron chi connectivity index (χ2n) is 6.54. The molecule has 0 saturated heterocycles. The Hall–Kier alpha value is -3.60. The molecule has 0 atom stereocenters. The van der Waals surface area contributed by atoms with Crippen molar-refractivity contribution in [2.75, 3.05) is 4.90 Å². The lowest BCUT2D eigenvalue weighted by Gasteiger charge is -2.18. The summed E-state index contributed by atoms with van der Waals surface area (Å²) in [6.45, 7) is 1.71. The van der Waals surface area contributed by atoms with E-state index in [2.05, 4.69) is 39.1 Å². The predicted molar refractivity (Wildman–Crippen MR) is 105 cm³/mol. The van der Waals surface area contributed by atoms with Crippen LogP contribution in [-0.2, 0) is 13.1 Å². The minimum atomic E-state index is 0.699. The molecule has 0 unspecified atom stereocenters. The van der Waals surface area contributed by atoms with Gasteiger partial charge in [0.2, 0.25) is 0 Å². The standard InChI is InChI=1S/C22H17N5/c1-2-5-19-15-27(14-18(19)4-1)21-12-20(17-6-3-9-24-13-17)25-22(26-21)16-7-10-23-11-8-16/h1-13H,14-15H2. The Morgan fingerprint density at radius 1 is 0.704 bits per heavy atom. The molecule has 0 amide bonds. The first-order valence-electron chi connectivity index (χ1n) is 8.88. The number of hydrogen-bond acceptors (Lipinski definition) is 5. The molecule has 5 nitrogen and oxygen atoms in total. The van der Waals surface area contributed by atoms with Gasteiger partial charge in [0.25, 0.3) is 0 Å². The number of rotatable bonds is 3. The minimum Gasteiger partial charge on any atom is -0.348 e. The summed E-state index contributed by atoms with van der Waals surface area (Å²) in [6.07, 6.45) is 7.13. The lowest BCUT2D eigenvalue weighted by Crippen LogP contribution is -2.16. The lowest BCUT2D eigenvalue weighted by molar-refractivity contribution is 0.853. The Balaban J connectivity index is 1.61. The normalized spacial score (nSPS) is 12.8. The fourth-order valence-corrected chi connectivity index (χ4v) is 3.38. The summed E-state index contributed by atoms with van der Waals surface area (Å²) in [6, 6.07) is 18.4. The van der Waals surface area contributed by atoms with Crippen molar-refractivity contribution >= 4 is 5.82 Å². The smallest absolute Gasteiger partial charge is 0.162 e. The zero-order chi connectivity index (χ0) is 18.1. The van der Waals surface area contributed by atoms with Gasteiger partial charge in [-0.1, -0.05) is 24.3 Å². The van der Waals surface area contributed by atoms with Crippen molar-refractivity contribution in [1.82, 2.24) is 19.9 Å². The molecule has 1 aromatic carbocycles. The van der Waals surface area contributed by atoms with Gasteiger partial charge in [-0.2, -0.15) is 0 Å². The maximum absolute atomic E-state index is 4.86. The van der Waals surface area contributed by atoms with E-state index in [0.29, 0.717) is 5.82 Å². The van der Waals surface area contributed by atoms with E-state index in [0.717, 1.165) is 35.7 Å². The summed E-state index contributed by atoms with van der Waals surface area (Å²) in [5.41, 5.74) is 5.51. The van der Waals surface area contributed by atoms with E-state index in [1.165, 1.54) is 11.1 Å². The van der Waals surface area contributed by atoms with Gasteiger partial charge >= 0.3 is 0 Å². The Kier molecular flexibility index (Phi) is 3.83.